The van der Waals surface area contributed by atoms with Crippen LogP contribution in [0.3, 0.4) is 0 Å². The number of nitrogens with one attached hydrogen (secondary N) is 2. The predicted octanol–water partition coefficient (Wildman–Crippen LogP) is 1.05. The molecule has 1 aliphatic rings. The first kappa shape index (κ1) is 17.7. The normalized spacial score (nSPS) is 20.8. The van der Waals surface area contributed by atoms with Crippen molar-refractivity contribution in [2.75, 3.05) is 6.54 Å². The van der Waals surface area contributed by atoms with Gasteiger partial charge in [-0.1, -0.05) is 12.8 Å². The van der Waals surface area contributed by atoms with Gasteiger partial charge in [0.2, 0.25) is 5.91 Å². The molecule has 2 aromatic rings. The molecule has 3 rings (SSSR count). The summed E-state index contributed by atoms with van der Waals surface area (Å²) in [4.78, 5) is 29.3. The molecule has 2 heterocycles. The van der Waals surface area contributed by atoms with Crippen LogP contribution in [0.2, 0.25) is 0 Å². The van der Waals surface area contributed by atoms with Crippen molar-refractivity contribution in [3.63, 3.8) is 0 Å². The maximum atomic E-state index is 12.6. The molecule has 0 saturated heterocycles. The van der Waals surface area contributed by atoms with Crippen LogP contribution in [-0.4, -0.2) is 33.3 Å². The standard InChI is InChI=1S/C18H27N5O2/c1-10-13(11(2)20-17-16(10)18(25)22-23(17)3)8-15(24)21-14-7-5-4-6-12(14)9-19/h12,14H,4-9,19H2,1-3H3,(H,21,24)(H,22,25). The largest absolute Gasteiger partial charge is 0.353 e. The summed E-state index contributed by atoms with van der Waals surface area (Å²) in [5, 5.41) is 6.44. The van der Waals surface area contributed by atoms with Gasteiger partial charge in [0.15, 0.2) is 5.65 Å². The van der Waals surface area contributed by atoms with Crippen molar-refractivity contribution in [1.29, 1.82) is 0 Å². The van der Waals surface area contributed by atoms with Gasteiger partial charge in [-0.3, -0.25) is 19.4 Å². The fraction of sp³-hybridized carbons (Fsp3) is 0.611. The van der Waals surface area contributed by atoms with E-state index < -0.39 is 0 Å². The summed E-state index contributed by atoms with van der Waals surface area (Å²) >= 11 is 0. The van der Waals surface area contributed by atoms with Crippen LogP contribution < -0.4 is 16.6 Å². The van der Waals surface area contributed by atoms with Crippen LogP contribution >= 0.6 is 0 Å². The fourth-order valence-corrected chi connectivity index (χ4v) is 4.01. The lowest BCUT2D eigenvalue weighted by Gasteiger charge is -2.31. The Morgan fingerprint density at radius 3 is 2.80 bits per heavy atom. The first-order chi connectivity index (χ1) is 11.9. The predicted molar refractivity (Wildman–Crippen MR) is 97.5 cm³/mol. The van der Waals surface area contributed by atoms with Crippen LogP contribution in [0.5, 0.6) is 0 Å². The minimum Gasteiger partial charge on any atom is -0.353 e. The molecule has 7 heteroatoms. The van der Waals surface area contributed by atoms with E-state index in [1.165, 1.54) is 6.42 Å². The van der Waals surface area contributed by atoms with E-state index in [0.717, 1.165) is 36.1 Å². The molecule has 0 bridgehead atoms. The van der Waals surface area contributed by atoms with Crippen LogP contribution in [0, 0.1) is 19.8 Å². The highest BCUT2D eigenvalue weighted by Gasteiger charge is 2.26. The third kappa shape index (κ3) is 3.33. The van der Waals surface area contributed by atoms with Crippen molar-refractivity contribution >= 4 is 16.9 Å². The fourth-order valence-electron chi connectivity index (χ4n) is 4.01. The average Bonchev–Trinajstić information content (AvgIpc) is 2.86. The van der Waals surface area contributed by atoms with E-state index in [1.54, 1.807) is 11.7 Å². The summed E-state index contributed by atoms with van der Waals surface area (Å²) in [7, 11) is 1.76. The molecule has 2 atom stereocenters. The van der Waals surface area contributed by atoms with E-state index in [-0.39, 0.29) is 23.9 Å². The van der Waals surface area contributed by atoms with Gasteiger partial charge in [-0.2, -0.15) is 0 Å². The number of amides is 1. The molecular formula is C18H27N5O2. The minimum absolute atomic E-state index is 0.0231. The molecule has 0 spiro atoms. The minimum atomic E-state index is -0.167. The highest BCUT2D eigenvalue weighted by molar-refractivity contribution is 5.84. The van der Waals surface area contributed by atoms with Crippen LogP contribution in [0.15, 0.2) is 4.79 Å². The van der Waals surface area contributed by atoms with Gasteiger partial charge in [0, 0.05) is 18.8 Å². The molecular weight excluding hydrogens is 318 g/mol. The number of nitrogens with two attached hydrogens (primary N) is 1. The smallest absolute Gasteiger partial charge is 0.273 e. The molecule has 0 aliphatic heterocycles. The lowest BCUT2D eigenvalue weighted by molar-refractivity contribution is -0.121. The van der Waals surface area contributed by atoms with Crippen LogP contribution in [0.4, 0.5) is 0 Å². The monoisotopic (exact) mass is 345 g/mol. The lowest BCUT2D eigenvalue weighted by Crippen LogP contribution is -2.45. The Balaban J connectivity index is 1.84. The second kappa shape index (κ2) is 7.00. The third-order valence-electron chi connectivity index (χ3n) is 5.47. The molecule has 2 aromatic heterocycles. The van der Waals surface area contributed by atoms with Gasteiger partial charge in [0.1, 0.15) is 0 Å². The zero-order valence-electron chi connectivity index (χ0n) is 15.2. The maximum absolute atomic E-state index is 12.6. The Morgan fingerprint density at radius 2 is 2.08 bits per heavy atom. The third-order valence-corrected chi connectivity index (χ3v) is 5.47. The Kier molecular flexibility index (Phi) is 4.94. The molecule has 0 aromatic carbocycles. The number of fused-ring (bicyclic) bond motifs is 1. The molecule has 1 amide bonds. The molecule has 1 aliphatic carbocycles. The number of carbonyl (C=O) groups is 1. The Morgan fingerprint density at radius 1 is 1.36 bits per heavy atom. The van der Waals surface area contributed by atoms with Crippen molar-refractivity contribution < 1.29 is 4.79 Å². The molecule has 1 saturated carbocycles. The Hall–Kier alpha value is -2.15. The zero-order chi connectivity index (χ0) is 18.1. The van der Waals surface area contributed by atoms with E-state index in [1.807, 2.05) is 13.8 Å². The number of pyridine rings is 1. The van der Waals surface area contributed by atoms with Crippen LogP contribution in [0.25, 0.3) is 11.0 Å². The second-order valence-electron chi connectivity index (χ2n) is 7.13. The zero-order valence-corrected chi connectivity index (χ0v) is 15.2. The average molecular weight is 345 g/mol. The molecule has 136 valence electrons. The maximum Gasteiger partial charge on any atom is 0.273 e. The van der Waals surface area contributed by atoms with Gasteiger partial charge in [0.25, 0.3) is 5.56 Å². The molecule has 1 fully saturated rings. The number of hydrogen-bond acceptors (Lipinski definition) is 4. The SMILES string of the molecule is Cc1nc2c(c(C)c1CC(=O)NC1CCCCC1CN)c(=O)[nH]n2C. The first-order valence-electron chi connectivity index (χ1n) is 8.96. The molecule has 0 radical (unpaired) electrons. The molecule has 2 unspecified atom stereocenters. The number of nitrogens with zero attached hydrogens (tertiary/aromatic N) is 2. The highest BCUT2D eigenvalue weighted by atomic mass is 16.1. The van der Waals surface area contributed by atoms with Crippen molar-refractivity contribution in [2.45, 2.75) is 52.0 Å². The number of rotatable bonds is 4. The van der Waals surface area contributed by atoms with E-state index in [0.29, 0.717) is 23.5 Å². The quantitative estimate of drug-likeness (QED) is 0.770. The van der Waals surface area contributed by atoms with Gasteiger partial charge in [0.05, 0.1) is 11.8 Å². The summed E-state index contributed by atoms with van der Waals surface area (Å²) in [6.07, 6.45) is 4.62. The number of aryl methyl sites for hydroxylation is 3. The van der Waals surface area contributed by atoms with E-state index in [2.05, 4.69) is 15.4 Å². The van der Waals surface area contributed by atoms with E-state index >= 15 is 0 Å². The summed E-state index contributed by atoms with van der Waals surface area (Å²) in [6, 6.07) is 0.156. The number of carbonyl (C=O) groups excluding carboxylic acids is 1. The second-order valence-corrected chi connectivity index (χ2v) is 7.13. The summed E-state index contributed by atoms with van der Waals surface area (Å²) in [5.41, 5.74) is 8.76. The first-order valence-corrected chi connectivity index (χ1v) is 8.96. The Labute approximate surface area is 147 Å². The summed E-state index contributed by atoms with van der Waals surface area (Å²) < 4.78 is 1.62. The van der Waals surface area contributed by atoms with Gasteiger partial charge >= 0.3 is 0 Å². The lowest BCUT2D eigenvalue weighted by atomic mass is 9.84. The van der Waals surface area contributed by atoms with Gasteiger partial charge in [-0.25, -0.2) is 4.98 Å². The van der Waals surface area contributed by atoms with Gasteiger partial charge < -0.3 is 11.1 Å². The van der Waals surface area contributed by atoms with Crippen LogP contribution in [0.1, 0.15) is 42.5 Å². The van der Waals surface area contributed by atoms with E-state index in [4.69, 9.17) is 5.73 Å². The van der Waals surface area contributed by atoms with Crippen molar-refractivity contribution in [3.8, 4) is 0 Å². The topological polar surface area (TPSA) is 106 Å². The Bertz CT molecular complexity index is 851. The number of hydrogen-bond donors (Lipinski definition) is 3. The van der Waals surface area contributed by atoms with Gasteiger partial charge in [-0.05, 0) is 50.3 Å². The van der Waals surface area contributed by atoms with E-state index in [9.17, 15) is 9.59 Å². The van der Waals surface area contributed by atoms with Crippen LogP contribution in [-0.2, 0) is 18.3 Å². The number of H-pyrrole nitrogens is 1. The van der Waals surface area contributed by atoms with Gasteiger partial charge in [-0.15, -0.1) is 0 Å². The summed E-state index contributed by atoms with van der Waals surface area (Å²) in [5.74, 6) is 0.336. The molecule has 25 heavy (non-hydrogen) atoms. The number of aromatic nitrogens is 3. The van der Waals surface area contributed by atoms with Crippen molar-refractivity contribution in [1.82, 2.24) is 20.1 Å². The highest BCUT2D eigenvalue weighted by Crippen LogP contribution is 2.24. The van der Waals surface area contributed by atoms with Crippen molar-refractivity contribution in [2.24, 2.45) is 18.7 Å². The summed E-state index contributed by atoms with van der Waals surface area (Å²) in [6.45, 7) is 4.38. The molecule has 7 nitrogen and oxygen atoms in total. The number of aromatic amines is 1. The van der Waals surface area contributed by atoms with Crippen molar-refractivity contribution in [3.05, 3.63) is 27.2 Å². The molecule has 4 N–H and O–H groups in total.